The number of hydrogen-bond acceptors (Lipinski definition) is 8. The molecule has 168 valence electrons. The molecule has 0 aliphatic carbocycles. The molecule has 0 spiro atoms. The summed E-state index contributed by atoms with van der Waals surface area (Å²) in [5, 5.41) is 20.2. The molecule has 1 saturated heterocycles. The van der Waals surface area contributed by atoms with Gasteiger partial charge in [0.25, 0.3) is 0 Å². The number of nitrogens with zero attached hydrogens (tertiary/aromatic N) is 4. The maximum absolute atomic E-state index is 12.1. The third kappa shape index (κ3) is 5.63. The van der Waals surface area contributed by atoms with Crippen molar-refractivity contribution in [1.29, 1.82) is 0 Å². The van der Waals surface area contributed by atoms with Crippen molar-refractivity contribution in [1.82, 2.24) is 15.1 Å². The van der Waals surface area contributed by atoms with E-state index in [9.17, 15) is 9.90 Å². The maximum atomic E-state index is 12.1. The Balaban J connectivity index is 1.30. The zero-order chi connectivity index (χ0) is 22.7. The van der Waals surface area contributed by atoms with Gasteiger partial charge in [-0.25, -0.2) is 4.79 Å². The molecule has 0 saturated carbocycles. The second kappa shape index (κ2) is 9.26. The SMILES string of the molecule is CC(C)(C)OC(=O)c1ccc(N2CCN(Cc3cc(-c4cccc(O)c4)cs3)CC2)nn1. The highest BCUT2D eigenvalue weighted by atomic mass is 32.1. The van der Waals surface area contributed by atoms with Crippen LogP contribution in [0.4, 0.5) is 5.82 Å². The molecule has 1 fully saturated rings. The van der Waals surface area contributed by atoms with E-state index in [2.05, 4.69) is 31.4 Å². The number of thiophene rings is 1. The minimum atomic E-state index is -0.556. The number of carbonyl (C=O) groups is 1. The summed E-state index contributed by atoms with van der Waals surface area (Å²) in [4.78, 5) is 18.0. The zero-order valence-corrected chi connectivity index (χ0v) is 19.4. The van der Waals surface area contributed by atoms with Crippen LogP contribution in [0.15, 0.2) is 47.8 Å². The van der Waals surface area contributed by atoms with E-state index in [1.807, 2.05) is 39.0 Å². The Morgan fingerprint density at radius 2 is 1.84 bits per heavy atom. The third-order valence-electron chi connectivity index (χ3n) is 5.17. The number of rotatable bonds is 5. The number of esters is 1. The van der Waals surface area contributed by atoms with Crippen LogP contribution in [0.1, 0.15) is 36.1 Å². The van der Waals surface area contributed by atoms with Crippen LogP contribution in [-0.4, -0.2) is 58.0 Å². The summed E-state index contributed by atoms with van der Waals surface area (Å²) in [5.41, 5.74) is 1.84. The molecule has 0 unspecified atom stereocenters. The molecular weight excluding hydrogens is 424 g/mol. The Kier molecular flexibility index (Phi) is 6.43. The molecule has 1 aromatic carbocycles. The van der Waals surface area contributed by atoms with Crippen LogP contribution in [0.5, 0.6) is 5.75 Å². The van der Waals surface area contributed by atoms with Gasteiger partial charge in [0.1, 0.15) is 11.4 Å². The number of piperazine rings is 1. The molecule has 4 rings (SSSR count). The maximum Gasteiger partial charge on any atom is 0.359 e. The lowest BCUT2D eigenvalue weighted by atomic mass is 10.1. The molecule has 0 radical (unpaired) electrons. The molecule has 0 atom stereocenters. The van der Waals surface area contributed by atoms with Crippen LogP contribution < -0.4 is 4.90 Å². The fourth-order valence-electron chi connectivity index (χ4n) is 3.59. The lowest BCUT2D eigenvalue weighted by molar-refractivity contribution is 0.00616. The minimum absolute atomic E-state index is 0.225. The number of benzene rings is 1. The van der Waals surface area contributed by atoms with Crippen molar-refractivity contribution in [2.24, 2.45) is 0 Å². The van der Waals surface area contributed by atoms with Crippen molar-refractivity contribution >= 4 is 23.1 Å². The van der Waals surface area contributed by atoms with Gasteiger partial charge in [-0.2, -0.15) is 0 Å². The summed E-state index contributed by atoms with van der Waals surface area (Å²) in [6, 6.07) is 13.1. The first kappa shape index (κ1) is 22.2. The van der Waals surface area contributed by atoms with Gasteiger partial charge in [0.15, 0.2) is 11.5 Å². The van der Waals surface area contributed by atoms with Gasteiger partial charge >= 0.3 is 5.97 Å². The van der Waals surface area contributed by atoms with E-state index in [-0.39, 0.29) is 11.4 Å². The lowest BCUT2D eigenvalue weighted by Crippen LogP contribution is -2.46. The van der Waals surface area contributed by atoms with Gasteiger partial charge in [-0.05, 0) is 67.6 Å². The van der Waals surface area contributed by atoms with Gasteiger partial charge in [0.05, 0.1) is 0 Å². The molecule has 2 aromatic heterocycles. The summed E-state index contributed by atoms with van der Waals surface area (Å²) in [6.45, 7) is 9.95. The molecule has 8 heteroatoms. The topological polar surface area (TPSA) is 78.8 Å². The van der Waals surface area contributed by atoms with E-state index in [0.717, 1.165) is 49.7 Å². The van der Waals surface area contributed by atoms with Crippen molar-refractivity contribution in [3.8, 4) is 16.9 Å². The summed E-state index contributed by atoms with van der Waals surface area (Å²) in [5.74, 6) is 0.607. The molecule has 7 nitrogen and oxygen atoms in total. The average Bonchev–Trinajstić information content (AvgIpc) is 3.22. The number of ether oxygens (including phenoxy) is 1. The fourth-order valence-corrected chi connectivity index (χ4v) is 4.52. The van der Waals surface area contributed by atoms with Gasteiger partial charge in [0, 0.05) is 37.6 Å². The molecule has 1 aliphatic rings. The molecular formula is C24H28N4O3S. The Morgan fingerprint density at radius 1 is 1.06 bits per heavy atom. The fraction of sp³-hybridized carbons (Fsp3) is 0.375. The second-order valence-corrected chi connectivity index (χ2v) is 9.89. The molecule has 3 heterocycles. The summed E-state index contributed by atoms with van der Waals surface area (Å²) < 4.78 is 5.34. The third-order valence-corrected chi connectivity index (χ3v) is 6.09. The van der Waals surface area contributed by atoms with Gasteiger partial charge in [-0.15, -0.1) is 21.5 Å². The largest absolute Gasteiger partial charge is 0.508 e. The number of aromatic hydroxyl groups is 1. The first-order valence-electron chi connectivity index (χ1n) is 10.7. The highest BCUT2D eigenvalue weighted by molar-refractivity contribution is 7.10. The van der Waals surface area contributed by atoms with Gasteiger partial charge in [0.2, 0.25) is 0 Å². The molecule has 0 amide bonds. The van der Waals surface area contributed by atoms with Crippen LogP contribution >= 0.6 is 11.3 Å². The lowest BCUT2D eigenvalue weighted by Gasteiger charge is -2.34. The Hall–Kier alpha value is -2.97. The highest BCUT2D eigenvalue weighted by Gasteiger charge is 2.22. The van der Waals surface area contributed by atoms with Crippen molar-refractivity contribution in [3.05, 3.63) is 58.4 Å². The van der Waals surface area contributed by atoms with Crippen molar-refractivity contribution < 1.29 is 14.6 Å². The van der Waals surface area contributed by atoms with Crippen LogP contribution in [0.25, 0.3) is 11.1 Å². The Morgan fingerprint density at radius 3 is 2.50 bits per heavy atom. The van der Waals surface area contributed by atoms with E-state index in [1.165, 1.54) is 4.88 Å². The Bertz CT molecular complexity index is 1070. The van der Waals surface area contributed by atoms with Gasteiger partial charge in [-0.3, -0.25) is 4.90 Å². The predicted molar refractivity (Wildman–Crippen MR) is 126 cm³/mol. The number of anilines is 1. The molecule has 1 N–H and O–H groups in total. The van der Waals surface area contributed by atoms with Crippen LogP contribution in [-0.2, 0) is 11.3 Å². The number of carbonyl (C=O) groups excluding carboxylic acids is 1. The van der Waals surface area contributed by atoms with E-state index < -0.39 is 11.6 Å². The average molecular weight is 453 g/mol. The zero-order valence-electron chi connectivity index (χ0n) is 18.6. The molecule has 32 heavy (non-hydrogen) atoms. The number of phenols is 1. The monoisotopic (exact) mass is 452 g/mol. The van der Waals surface area contributed by atoms with E-state index in [0.29, 0.717) is 0 Å². The first-order chi connectivity index (χ1) is 15.3. The normalized spacial score (nSPS) is 15.0. The predicted octanol–water partition coefficient (Wildman–Crippen LogP) is 4.19. The number of aromatic nitrogens is 2. The van der Waals surface area contributed by atoms with Gasteiger partial charge in [-0.1, -0.05) is 12.1 Å². The highest BCUT2D eigenvalue weighted by Crippen LogP contribution is 2.29. The van der Waals surface area contributed by atoms with Crippen LogP contribution in [0.3, 0.4) is 0 Å². The smallest absolute Gasteiger partial charge is 0.359 e. The summed E-state index contributed by atoms with van der Waals surface area (Å²) in [6.07, 6.45) is 0. The van der Waals surface area contributed by atoms with Crippen molar-refractivity contribution in [3.63, 3.8) is 0 Å². The van der Waals surface area contributed by atoms with E-state index >= 15 is 0 Å². The van der Waals surface area contributed by atoms with Crippen molar-refractivity contribution in [2.45, 2.75) is 32.9 Å². The molecule has 3 aromatic rings. The number of hydrogen-bond donors (Lipinski definition) is 1. The van der Waals surface area contributed by atoms with Crippen LogP contribution in [0, 0.1) is 0 Å². The van der Waals surface area contributed by atoms with Crippen molar-refractivity contribution in [2.75, 3.05) is 31.1 Å². The Labute approximate surface area is 192 Å². The molecule has 1 aliphatic heterocycles. The van der Waals surface area contributed by atoms with Crippen LogP contribution in [0.2, 0.25) is 0 Å². The molecule has 0 bridgehead atoms. The first-order valence-corrected chi connectivity index (χ1v) is 11.6. The number of phenolic OH excluding ortho intramolecular Hbond substituents is 1. The van der Waals surface area contributed by atoms with E-state index in [4.69, 9.17) is 4.74 Å². The van der Waals surface area contributed by atoms with Gasteiger partial charge < -0.3 is 14.7 Å². The van der Waals surface area contributed by atoms with E-state index in [1.54, 1.807) is 29.5 Å². The second-order valence-electron chi connectivity index (χ2n) is 8.89. The summed E-state index contributed by atoms with van der Waals surface area (Å²) in [7, 11) is 0. The standard InChI is InChI=1S/C24H28N4O3S/c1-24(2,3)31-23(30)21-7-8-22(26-25-21)28-11-9-27(10-12-28)15-20-14-18(16-32-20)17-5-4-6-19(29)13-17/h4-8,13-14,16,29H,9-12,15H2,1-3H3. The quantitative estimate of drug-likeness (QED) is 0.582. The minimum Gasteiger partial charge on any atom is -0.508 e. The summed E-state index contributed by atoms with van der Waals surface area (Å²) >= 11 is 1.75.